The van der Waals surface area contributed by atoms with Crippen LogP contribution in [0.5, 0.6) is 11.5 Å². The standard InChI is InChI=1S/C23H20ClNO5/c1-2-11-3-4-12(29-13-5-6-16(25-28)15(24)10-13)9-14(11)19-22(26)20-17-7-8-18(30-17)21(20)23(19)27/h3-6,9-10,17-18,20-21,26H,2,7-8H2,1H3/t17-,18+,20-,21+/m1/s1. The summed E-state index contributed by atoms with van der Waals surface area (Å²) in [4.78, 5) is 24.0. The van der Waals surface area contributed by atoms with Crippen LogP contribution in [0, 0.1) is 16.7 Å². The van der Waals surface area contributed by atoms with Gasteiger partial charge in [0, 0.05) is 6.07 Å². The van der Waals surface area contributed by atoms with Crippen molar-refractivity contribution in [2.45, 2.75) is 38.4 Å². The quantitative estimate of drug-likeness (QED) is 0.617. The van der Waals surface area contributed by atoms with Crippen molar-refractivity contribution < 1.29 is 19.4 Å². The fourth-order valence-electron chi connectivity index (χ4n) is 5.01. The zero-order valence-corrected chi connectivity index (χ0v) is 17.1. The molecule has 0 unspecified atom stereocenters. The fourth-order valence-corrected chi connectivity index (χ4v) is 5.21. The summed E-state index contributed by atoms with van der Waals surface area (Å²) in [6.07, 6.45) is 2.30. The van der Waals surface area contributed by atoms with Crippen molar-refractivity contribution in [1.82, 2.24) is 0 Å². The SMILES string of the molecule is CCc1ccc(Oc2ccc(N=O)c(Cl)c2)cc1C1=C(O)[C@H]2[C@@H](C1=O)[C@@H]1CC[C@H]2O1. The zero-order valence-electron chi connectivity index (χ0n) is 16.3. The van der Waals surface area contributed by atoms with Gasteiger partial charge in [0.25, 0.3) is 0 Å². The first-order chi connectivity index (χ1) is 14.5. The topological polar surface area (TPSA) is 85.2 Å². The number of aryl methyl sites for hydroxylation is 1. The number of benzene rings is 2. The van der Waals surface area contributed by atoms with Gasteiger partial charge in [-0.05, 0) is 59.8 Å². The second-order valence-corrected chi connectivity index (χ2v) is 8.35. The van der Waals surface area contributed by atoms with Crippen LogP contribution < -0.4 is 4.74 Å². The molecule has 2 saturated heterocycles. The van der Waals surface area contributed by atoms with Gasteiger partial charge in [0.1, 0.15) is 22.9 Å². The third-order valence-corrected chi connectivity index (χ3v) is 6.68. The van der Waals surface area contributed by atoms with Crippen LogP contribution in [-0.4, -0.2) is 23.1 Å². The zero-order chi connectivity index (χ0) is 21.0. The number of nitrogens with zero attached hydrogens (tertiary/aromatic N) is 1. The molecule has 30 heavy (non-hydrogen) atoms. The number of allylic oxidation sites excluding steroid dienone is 1. The van der Waals surface area contributed by atoms with E-state index in [0.717, 1.165) is 18.4 Å². The molecule has 2 aliphatic heterocycles. The molecular weight excluding hydrogens is 406 g/mol. The van der Waals surface area contributed by atoms with Crippen molar-refractivity contribution in [2.24, 2.45) is 17.0 Å². The number of hydrogen-bond donors (Lipinski definition) is 1. The number of aliphatic hydroxyl groups is 1. The summed E-state index contributed by atoms with van der Waals surface area (Å²) < 4.78 is 11.8. The Bertz CT molecular complexity index is 1090. The lowest BCUT2D eigenvalue weighted by Gasteiger charge is -2.19. The average Bonchev–Trinajstić information content (AvgIpc) is 3.42. The predicted molar refractivity (Wildman–Crippen MR) is 112 cm³/mol. The summed E-state index contributed by atoms with van der Waals surface area (Å²) in [5.41, 5.74) is 2.19. The Morgan fingerprint density at radius 2 is 1.83 bits per heavy atom. The lowest BCUT2D eigenvalue weighted by molar-refractivity contribution is -0.118. The van der Waals surface area contributed by atoms with E-state index >= 15 is 0 Å². The van der Waals surface area contributed by atoms with Crippen molar-refractivity contribution in [1.29, 1.82) is 0 Å². The Hall–Kier alpha value is -2.70. The summed E-state index contributed by atoms with van der Waals surface area (Å²) in [7, 11) is 0. The Morgan fingerprint density at radius 1 is 1.13 bits per heavy atom. The second-order valence-electron chi connectivity index (χ2n) is 7.95. The van der Waals surface area contributed by atoms with Crippen molar-refractivity contribution in [3.63, 3.8) is 0 Å². The molecule has 0 amide bonds. The molecule has 1 aliphatic carbocycles. The van der Waals surface area contributed by atoms with E-state index in [4.69, 9.17) is 21.1 Å². The maximum atomic E-state index is 13.2. The number of ketones is 1. The van der Waals surface area contributed by atoms with Crippen molar-refractivity contribution >= 4 is 28.6 Å². The molecule has 2 fully saturated rings. The van der Waals surface area contributed by atoms with E-state index in [0.29, 0.717) is 29.1 Å². The highest BCUT2D eigenvalue weighted by Gasteiger charge is 2.59. The number of ether oxygens (including phenoxy) is 2. The largest absolute Gasteiger partial charge is 0.511 e. The smallest absolute Gasteiger partial charge is 0.173 e. The predicted octanol–water partition coefficient (Wildman–Crippen LogP) is 5.74. The molecule has 6 nitrogen and oxygen atoms in total. The molecule has 1 N–H and O–H groups in total. The van der Waals surface area contributed by atoms with E-state index in [1.165, 1.54) is 12.1 Å². The van der Waals surface area contributed by atoms with Crippen LogP contribution in [0.3, 0.4) is 0 Å². The molecule has 3 aliphatic rings. The number of carbonyl (C=O) groups is 1. The van der Waals surface area contributed by atoms with Crippen LogP contribution in [0.4, 0.5) is 5.69 Å². The van der Waals surface area contributed by atoms with Crippen LogP contribution in [0.2, 0.25) is 5.02 Å². The van der Waals surface area contributed by atoms with Crippen molar-refractivity contribution in [3.05, 3.63) is 63.2 Å². The molecule has 154 valence electrons. The molecule has 2 aromatic rings. The number of carbonyl (C=O) groups excluding carboxylic acids is 1. The third-order valence-electron chi connectivity index (χ3n) is 6.38. The van der Waals surface area contributed by atoms with E-state index in [2.05, 4.69) is 5.18 Å². The molecule has 7 heteroatoms. The molecule has 0 spiro atoms. The first-order valence-electron chi connectivity index (χ1n) is 10.1. The van der Waals surface area contributed by atoms with Crippen LogP contribution in [0.15, 0.2) is 47.3 Å². The molecule has 2 aromatic carbocycles. The average molecular weight is 426 g/mol. The molecule has 4 atom stereocenters. The van der Waals surface area contributed by atoms with Crippen LogP contribution in [-0.2, 0) is 16.0 Å². The van der Waals surface area contributed by atoms with Crippen LogP contribution in [0.25, 0.3) is 5.57 Å². The lowest BCUT2D eigenvalue weighted by Crippen LogP contribution is -2.29. The first-order valence-corrected chi connectivity index (χ1v) is 10.5. The number of hydrogen-bond acceptors (Lipinski definition) is 6. The maximum absolute atomic E-state index is 13.2. The summed E-state index contributed by atoms with van der Waals surface area (Å²) >= 11 is 6.03. The van der Waals surface area contributed by atoms with Gasteiger partial charge in [-0.1, -0.05) is 24.6 Å². The molecule has 5 rings (SSSR count). The highest BCUT2D eigenvalue weighted by molar-refractivity contribution is 6.33. The van der Waals surface area contributed by atoms with Gasteiger partial charge in [-0.15, -0.1) is 4.91 Å². The Balaban J connectivity index is 1.52. The van der Waals surface area contributed by atoms with Gasteiger partial charge in [-0.3, -0.25) is 4.79 Å². The Labute approximate surface area is 178 Å². The number of fused-ring (bicyclic) bond motifs is 5. The molecule has 2 bridgehead atoms. The molecule has 0 saturated carbocycles. The summed E-state index contributed by atoms with van der Waals surface area (Å²) in [5, 5.41) is 14.0. The van der Waals surface area contributed by atoms with Crippen molar-refractivity contribution in [3.8, 4) is 11.5 Å². The van der Waals surface area contributed by atoms with E-state index in [9.17, 15) is 14.8 Å². The summed E-state index contributed by atoms with van der Waals surface area (Å²) in [6, 6.07) is 10.1. The second kappa shape index (κ2) is 7.22. The van der Waals surface area contributed by atoms with Crippen LogP contribution >= 0.6 is 11.6 Å². The molecule has 0 aromatic heterocycles. The molecule has 0 radical (unpaired) electrons. The third kappa shape index (κ3) is 2.86. The first kappa shape index (κ1) is 19.3. The lowest BCUT2D eigenvalue weighted by atomic mass is 9.80. The van der Waals surface area contributed by atoms with Crippen molar-refractivity contribution in [2.75, 3.05) is 0 Å². The van der Waals surface area contributed by atoms with E-state index < -0.39 is 0 Å². The minimum Gasteiger partial charge on any atom is -0.511 e. The molecular formula is C23H20ClNO5. The van der Waals surface area contributed by atoms with Gasteiger partial charge < -0.3 is 14.6 Å². The van der Waals surface area contributed by atoms with Gasteiger partial charge in [0.15, 0.2) is 5.78 Å². The highest BCUT2D eigenvalue weighted by atomic mass is 35.5. The highest BCUT2D eigenvalue weighted by Crippen LogP contribution is 2.54. The normalized spacial score (nSPS) is 26.9. The Morgan fingerprint density at radius 3 is 2.50 bits per heavy atom. The summed E-state index contributed by atoms with van der Waals surface area (Å²) in [6.45, 7) is 2.01. The van der Waals surface area contributed by atoms with E-state index in [1.54, 1.807) is 12.1 Å². The molecule has 2 heterocycles. The van der Waals surface area contributed by atoms with Gasteiger partial charge in [0.2, 0.25) is 0 Å². The van der Waals surface area contributed by atoms with Gasteiger partial charge >= 0.3 is 0 Å². The van der Waals surface area contributed by atoms with E-state index in [-0.39, 0.29) is 46.3 Å². The monoisotopic (exact) mass is 425 g/mol. The van der Waals surface area contributed by atoms with E-state index in [1.807, 2.05) is 19.1 Å². The fraction of sp³-hybridized carbons (Fsp3) is 0.348. The minimum absolute atomic E-state index is 0.0407. The number of rotatable bonds is 5. The van der Waals surface area contributed by atoms with Gasteiger partial charge in [-0.25, -0.2) is 0 Å². The number of aliphatic hydroxyl groups excluding tert-OH is 1. The van der Waals surface area contributed by atoms with Gasteiger partial charge in [0.05, 0.1) is 34.6 Å². The Kier molecular flexibility index (Phi) is 4.64. The number of halogens is 1. The van der Waals surface area contributed by atoms with Crippen LogP contribution in [0.1, 0.15) is 30.9 Å². The minimum atomic E-state index is -0.282. The summed E-state index contributed by atoms with van der Waals surface area (Å²) in [5.74, 6) is 0.545. The number of nitroso groups, excluding NO2 is 1. The number of Topliss-reactive ketones (excluding diaryl/α,β-unsaturated/α-hetero) is 1. The maximum Gasteiger partial charge on any atom is 0.173 e. The van der Waals surface area contributed by atoms with Gasteiger partial charge in [-0.2, -0.15) is 0 Å².